The van der Waals surface area contributed by atoms with Crippen LogP contribution in [0.3, 0.4) is 0 Å². The number of rotatable bonds is 5. The Kier molecular flexibility index (Phi) is 5.47. The Labute approximate surface area is 145 Å². The van der Waals surface area contributed by atoms with E-state index in [9.17, 15) is 4.79 Å². The van der Waals surface area contributed by atoms with Gasteiger partial charge in [0.1, 0.15) is 0 Å². The smallest absolute Gasteiger partial charge is 0.166 e. The van der Waals surface area contributed by atoms with Crippen molar-refractivity contribution < 1.29 is 4.79 Å². The number of piperidine rings is 1. The highest BCUT2D eigenvalue weighted by atomic mass is 16.1. The van der Waals surface area contributed by atoms with Gasteiger partial charge in [0.2, 0.25) is 0 Å². The van der Waals surface area contributed by atoms with Gasteiger partial charge >= 0.3 is 0 Å². The molecule has 0 atom stereocenters. The quantitative estimate of drug-likeness (QED) is 0.759. The molecule has 0 radical (unpaired) electrons. The molecule has 3 rings (SSSR count). The first-order chi connectivity index (χ1) is 11.6. The maximum atomic E-state index is 12.8. The fourth-order valence-corrected chi connectivity index (χ4v) is 3.70. The number of hydrogen-bond donors (Lipinski definition) is 0. The molecule has 1 aliphatic rings. The summed E-state index contributed by atoms with van der Waals surface area (Å²) in [5.74, 6) is 0.531. The van der Waals surface area contributed by atoms with Gasteiger partial charge in [-0.2, -0.15) is 0 Å². The van der Waals surface area contributed by atoms with Crippen LogP contribution in [0.2, 0.25) is 0 Å². The molecular weight excluding hydrogens is 294 g/mol. The topological polar surface area (TPSA) is 20.3 Å². The first-order valence-electron chi connectivity index (χ1n) is 9.00. The molecule has 1 fully saturated rings. The highest BCUT2D eigenvalue weighted by molar-refractivity contribution is 5.98. The van der Waals surface area contributed by atoms with Crippen LogP contribution in [0.15, 0.2) is 48.5 Å². The minimum atomic E-state index is 0.194. The summed E-state index contributed by atoms with van der Waals surface area (Å²) in [6, 6.07) is 16.9. The number of likely N-dealkylation sites (tertiary alicyclic amines) is 1. The SMILES string of the molecule is Cc1cc(C)cc(C(=O)C2CCN(CCc3ccccc3)CC2)c1. The Morgan fingerprint density at radius 2 is 1.62 bits per heavy atom. The average molecular weight is 321 g/mol. The van der Waals surface area contributed by atoms with Gasteiger partial charge in [0.25, 0.3) is 0 Å². The molecule has 2 aromatic carbocycles. The largest absolute Gasteiger partial charge is 0.303 e. The van der Waals surface area contributed by atoms with E-state index in [1.54, 1.807) is 0 Å². The van der Waals surface area contributed by atoms with Crippen LogP contribution in [0.1, 0.15) is 39.9 Å². The first kappa shape index (κ1) is 16.9. The lowest BCUT2D eigenvalue weighted by Crippen LogP contribution is -2.37. The molecule has 1 saturated heterocycles. The second-order valence-corrected chi connectivity index (χ2v) is 7.09. The predicted octanol–water partition coefficient (Wildman–Crippen LogP) is 4.44. The van der Waals surface area contributed by atoms with E-state index in [1.165, 1.54) is 16.7 Å². The molecule has 24 heavy (non-hydrogen) atoms. The number of nitrogens with zero attached hydrogens (tertiary/aromatic N) is 1. The number of hydrogen-bond acceptors (Lipinski definition) is 2. The van der Waals surface area contributed by atoms with E-state index in [4.69, 9.17) is 0 Å². The van der Waals surface area contributed by atoms with E-state index in [0.717, 1.165) is 44.5 Å². The number of ketones is 1. The predicted molar refractivity (Wildman–Crippen MR) is 99.6 cm³/mol. The number of Topliss-reactive ketones (excluding diaryl/α,β-unsaturated/α-hetero) is 1. The molecule has 0 amide bonds. The van der Waals surface area contributed by atoms with Crippen LogP contribution < -0.4 is 0 Å². The summed E-state index contributed by atoms with van der Waals surface area (Å²) in [5, 5.41) is 0. The van der Waals surface area contributed by atoms with Crippen LogP contribution in [0.4, 0.5) is 0 Å². The summed E-state index contributed by atoms with van der Waals surface area (Å²) in [6.07, 6.45) is 3.07. The van der Waals surface area contributed by atoms with Crippen LogP contribution in [0.5, 0.6) is 0 Å². The summed E-state index contributed by atoms with van der Waals surface area (Å²) in [6.45, 7) is 7.29. The summed E-state index contributed by atoms with van der Waals surface area (Å²) >= 11 is 0. The minimum absolute atomic E-state index is 0.194. The number of aryl methyl sites for hydroxylation is 2. The van der Waals surface area contributed by atoms with Crippen molar-refractivity contribution in [3.8, 4) is 0 Å². The van der Waals surface area contributed by atoms with Gasteiger partial charge in [-0.1, -0.05) is 47.5 Å². The molecule has 0 spiro atoms. The van der Waals surface area contributed by atoms with Crippen molar-refractivity contribution in [2.24, 2.45) is 5.92 Å². The van der Waals surface area contributed by atoms with E-state index < -0.39 is 0 Å². The van der Waals surface area contributed by atoms with Crippen molar-refractivity contribution in [2.75, 3.05) is 19.6 Å². The van der Waals surface area contributed by atoms with Crippen LogP contribution >= 0.6 is 0 Å². The molecule has 2 aromatic rings. The Morgan fingerprint density at radius 3 is 2.25 bits per heavy atom. The molecule has 0 N–H and O–H groups in total. The van der Waals surface area contributed by atoms with Gasteiger partial charge in [0.05, 0.1) is 0 Å². The van der Waals surface area contributed by atoms with Crippen molar-refractivity contribution in [1.29, 1.82) is 0 Å². The van der Waals surface area contributed by atoms with Gasteiger partial charge < -0.3 is 4.90 Å². The van der Waals surface area contributed by atoms with Crippen molar-refractivity contribution in [2.45, 2.75) is 33.1 Å². The van der Waals surface area contributed by atoms with Crippen LogP contribution in [-0.2, 0) is 6.42 Å². The van der Waals surface area contributed by atoms with Crippen molar-refractivity contribution >= 4 is 5.78 Å². The summed E-state index contributed by atoms with van der Waals surface area (Å²) in [4.78, 5) is 15.3. The molecule has 2 heteroatoms. The lowest BCUT2D eigenvalue weighted by atomic mass is 9.88. The van der Waals surface area contributed by atoms with Crippen LogP contribution in [0.25, 0.3) is 0 Å². The summed E-state index contributed by atoms with van der Waals surface area (Å²) < 4.78 is 0. The monoisotopic (exact) mass is 321 g/mol. The Bertz CT molecular complexity index is 664. The highest BCUT2D eigenvalue weighted by Gasteiger charge is 2.25. The maximum Gasteiger partial charge on any atom is 0.166 e. The number of carbonyl (C=O) groups is 1. The maximum absolute atomic E-state index is 12.8. The zero-order chi connectivity index (χ0) is 16.9. The lowest BCUT2D eigenvalue weighted by Gasteiger charge is -2.31. The number of carbonyl (C=O) groups excluding carboxylic acids is 1. The number of benzene rings is 2. The molecule has 126 valence electrons. The molecule has 1 heterocycles. The van der Waals surface area contributed by atoms with Crippen LogP contribution in [0, 0.1) is 19.8 Å². The normalized spacial score (nSPS) is 16.2. The van der Waals surface area contributed by atoms with Crippen molar-refractivity contribution in [1.82, 2.24) is 4.90 Å². The first-order valence-corrected chi connectivity index (χ1v) is 9.00. The van der Waals surface area contributed by atoms with E-state index >= 15 is 0 Å². The van der Waals surface area contributed by atoms with Gasteiger partial charge in [-0.05, 0) is 63.9 Å². The standard InChI is InChI=1S/C22H27NO/c1-17-14-18(2)16-21(15-17)22(24)20-9-12-23(13-10-20)11-8-19-6-4-3-5-7-19/h3-7,14-16,20H,8-13H2,1-2H3. The fraction of sp³-hybridized carbons (Fsp3) is 0.409. The zero-order valence-corrected chi connectivity index (χ0v) is 14.8. The van der Waals surface area contributed by atoms with Crippen molar-refractivity contribution in [3.63, 3.8) is 0 Å². The molecule has 0 aromatic heterocycles. The van der Waals surface area contributed by atoms with Gasteiger partial charge in [0, 0.05) is 18.0 Å². The third kappa shape index (κ3) is 4.33. The molecule has 0 saturated carbocycles. The van der Waals surface area contributed by atoms with Gasteiger partial charge in [-0.3, -0.25) is 4.79 Å². The van der Waals surface area contributed by atoms with Gasteiger partial charge in [-0.25, -0.2) is 0 Å². The second-order valence-electron chi connectivity index (χ2n) is 7.09. The molecule has 1 aliphatic heterocycles. The van der Waals surface area contributed by atoms with Gasteiger partial charge in [-0.15, -0.1) is 0 Å². The molecular formula is C22H27NO. The second kappa shape index (κ2) is 7.76. The summed E-state index contributed by atoms with van der Waals surface area (Å²) in [7, 11) is 0. The third-order valence-corrected chi connectivity index (χ3v) is 5.02. The zero-order valence-electron chi connectivity index (χ0n) is 14.8. The van der Waals surface area contributed by atoms with E-state index in [1.807, 2.05) is 12.1 Å². The third-order valence-electron chi connectivity index (χ3n) is 5.02. The Hall–Kier alpha value is -1.93. The fourth-order valence-electron chi connectivity index (χ4n) is 3.70. The Morgan fingerprint density at radius 1 is 1.00 bits per heavy atom. The Balaban J connectivity index is 1.52. The highest BCUT2D eigenvalue weighted by Crippen LogP contribution is 2.23. The van der Waals surface area contributed by atoms with E-state index in [2.05, 4.69) is 55.1 Å². The van der Waals surface area contributed by atoms with Gasteiger partial charge in [0.15, 0.2) is 5.78 Å². The lowest BCUT2D eigenvalue weighted by molar-refractivity contribution is 0.0841. The molecule has 0 aliphatic carbocycles. The molecule has 2 nitrogen and oxygen atoms in total. The minimum Gasteiger partial charge on any atom is -0.303 e. The average Bonchev–Trinajstić information content (AvgIpc) is 2.60. The molecule has 0 unspecified atom stereocenters. The molecule has 0 bridgehead atoms. The van der Waals surface area contributed by atoms with E-state index in [-0.39, 0.29) is 5.92 Å². The summed E-state index contributed by atoms with van der Waals surface area (Å²) in [5.41, 5.74) is 4.65. The van der Waals surface area contributed by atoms with Crippen LogP contribution in [-0.4, -0.2) is 30.3 Å². The van der Waals surface area contributed by atoms with Crippen molar-refractivity contribution in [3.05, 3.63) is 70.8 Å². The van der Waals surface area contributed by atoms with E-state index in [0.29, 0.717) is 5.78 Å².